The van der Waals surface area contributed by atoms with Crippen LogP contribution < -0.4 is 10.1 Å². The van der Waals surface area contributed by atoms with E-state index in [0.29, 0.717) is 22.2 Å². The number of hydrogen-bond acceptors (Lipinski definition) is 5. The molecular weight excluding hydrogens is 457 g/mol. The second-order valence-electron chi connectivity index (χ2n) is 7.47. The molecule has 1 heterocycles. The molecule has 0 unspecified atom stereocenters. The monoisotopic (exact) mass is 478 g/mol. The van der Waals surface area contributed by atoms with E-state index in [1.165, 1.54) is 34.9 Å². The zero-order valence-corrected chi connectivity index (χ0v) is 18.0. The summed E-state index contributed by atoms with van der Waals surface area (Å²) in [4.78, 5) is 35.9. The molecule has 0 atom stereocenters. The molecule has 0 saturated heterocycles. The number of hydrogen-bond donors (Lipinski definition) is 3. The van der Waals surface area contributed by atoms with Gasteiger partial charge in [-0.05, 0) is 61.4 Å². The molecule has 0 saturated carbocycles. The maximum Gasteiger partial charge on any atom is 0.573 e. The quantitative estimate of drug-likeness (QED) is 0.454. The number of aryl methyl sites for hydroxylation is 1. The lowest BCUT2D eigenvalue weighted by Crippen LogP contribution is -2.26. The number of rotatable bonds is 8. The molecule has 0 radical (unpaired) electrons. The largest absolute Gasteiger partial charge is 0.573 e. The molecule has 1 amide bonds. The first kappa shape index (κ1) is 24.6. The Labute approximate surface area is 191 Å². The van der Waals surface area contributed by atoms with Crippen LogP contribution >= 0.6 is 0 Å². The van der Waals surface area contributed by atoms with E-state index >= 15 is 0 Å². The third-order valence-electron chi connectivity index (χ3n) is 5.12. The lowest BCUT2D eigenvalue weighted by Gasteiger charge is -2.10. The average molecular weight is 478 g/mol. The van der Waals surface area contributed by atoms with Crippen molar-refractivity contribution in [1.82, 2.24) is 9.88 Å². The Balaban J connectivity index is 1.88. The first-order chi connectivity index (χ1) is 16.0. The van der Waals surface area contributed by atoms with Gasteiger partial charge in [0.1, 0.15) is 11.5 Å². The number of aromatic hydroxyl groups is 1. The molecule has 0 aliphatic heterocycles. The van der Waals surface area contributed by atoms with Gasteiger partial charge in [-0.1, -0.05) is 0 Å². The average Bonchev–Trinajstić information content (AvgIpc) is 3.01. The number of fused-ring (bicyclic) bond motifs is 1. The molecule has 8 nitrogen and oxygen atoms in total. The van der Waals surface area contributed by atoms with Crippen LogP contribution in [0.15, 0.2) is 42.5 Å². The molecule has 11 heteroatoms. The van der Waals surface area contributed by atoms with Crippen molar-refractivity contribution in [1.29, 1.82) is 0 Å². The lowest BCUT2D eigenvalue weighted by atomic mass is 10.1. The Morgan fingerprint density at radius 2 is 1.74 bits per heavy atom. The summed E-state index contributed by atoms with van der Waals surface area (Å²) < 4.78 is 42.4. The number of carbonyl (C=O) groups excluding carboxylic acids is 2. The fourth-order valence-corrected chi connectivity index (χ4v) is 3.61. The molecule has 180 valence electrons. The van der Waals surface area contributed by atoms with Crippen LogP contribution in [0, 0.1) is 6.92 Å². The number of carboxylic acids is 1. The van der Waals surface area contributed by atoms with Crippen LogP contribution in [-0.2, 0) is 16.0 Å². The smallest absolute Gasteiger partial charge is 0.508 e. The second kappa shape index (κ2) is 9.86. The number of phenolic OH excluding ortho intramolecular Hbond substituents is 1. The van der Waals surface area contributed by atoms with Gasteiger partial charge in [0, 0.05) is 29.6 Å². The van der Waals surface area contributed by atoms with Crippen molar-refractivity contribution in [2.24, 2.45) is 0 Å². The lowest BCUT2D eigenvalue weighted by molar-refractivity contribution is -0.274. The van der Waals surface area contributed by atoms with Crippen molar-refractivity contribution in [3.05, 3.63) is 59.3 Å². The Morgan fingerprint density at radius 3 is 2.35 bits per heavy atom. The number of nitrogens with one attached hydrogen (secondary N) is 1. The molecule has 2 aromatic carbocycles. The van der Waals surface area contributed by atoms with Gasteiger partial charge < -0.3 is 20.3 Å². The minimum absolute atomic E-state index is 0.0117. The number of nitrogens with zero attached hydrogens (tertiary/aromatic N) is 1. The Hall–Kier alpha value is -4.02. The summed E-state index contributed by atoms with van der Waals surface area (Å²) in [5, 5.41) is 21.7. The summed E-state index contributed by atoms with van der Waals surface area (Å²) in [6, 6.07) is 8.90. The molecule has 0 fully saturated rings. The topological polar surface area (TPSA) is 118 Å². The van der Waals surface area contributed by atoms with E-state index in [1.807, 2.05) is 0 Å². The van der Waals surface area contributed by atoms with Crippen LogP contribution in [0.1, 0.15) is 34.5 Å². The fraction of sp³-hybridized carbons (Fsp3) is 0.261. The summed E-state index contributed by atoms with van der Waals surface area (Å²) >= 11 is 0. The number of carbonyl (C=O) groups is 3. The van der Waals surface area contributed by atoms with Crippen LogP contribution in [0.2, 0.25) is 0 Å². The summed E-state index contributed by atoms with van der Waals surface area (Å²) in [5.74, 6) is -2.42. The van der Waals surface area contributed by atoms with Gasteiger partial charge in [-0.2, -0.15) is 0 Å². The number of ether oxygens (including phenoxy) is 1. The molecule has 34 heavy (non-hydrogen) atoms. The molecule has 3 aromatic rings. The first-order valence-corrected chi connectivity index (χ1v) is 10.2. The molecule has 3 rings (SSSR count). The number of halogens is 3. The fourth-order valence-electron chi connectivity index (χ4n) is 3.61. The SMILES string of the molecule is Cc1c(CCC(=O)NCCC(=O)O)c2cc(O)ccc2n1C(=O)c1ccc(OC(F)(F)F)cc1. The number of alkyl halides is 3. The van der Waals surface area contributed by atoms with Crippen LogP contribution in [0.3, 0.4) is 0 Å². The van der Waals surface area contributed by atoms with Gasteiger partial charge in [0.15, 0.2) is 0 Å². The van der Waals surface area contributed by atoms with E-state index in [1.54, 1.807) is 6.92 Å². The second-order valence-corrected chi connectivity index (χ2v) is 7.47. The van der Waals surface area contributed by atoms with E-state index < -0.39 is 24.0 Å². The predicted molar refractivity (Wildman–Crippen MR) is 115 cm³/mol. The highest BCUT2D eigenvalue weighted by Gasteiger charge is 2.31. The van der Waals surface area contributed by atoms with Crippen molar-refractivity contribution in [2.45, 2.75) is 32.5 Å². The number of amides is 1. The van der Waals surface area contributed by atoms with Crippen LogP contribution in [-0.4, -0.2) is 45.5 Å². The number of aliphatic carboxylic acids is 1. The Morgan fingerprint density at radius 1 is 1.06 bits per heavy atom. The first-order valence-electron chi connectivity index (χ1n) is 10.2. The van der Waals surface area contributed by atoms with Crippen molar-refractivity contribution >= 4 is 28.7 Å². The van der Waals surface area contributed by atoms with Gasteiger partial charge in [0.2, 0.25) is 5.91 Å². The number of phenols is 1. The van der Waals surface area contributed by atoms with Gasteiger partial charge >= 0.3 is 12.3 Å². The third-order valence-corrected chi connectivity index (χ3v) is 5.12. The Kier molecular flexibility index (Phi) is 7.14. The number of aromatic nitrogens is 1. The summed E-state index contributed by atoms with van der Waals surface area (Å²) in [6.45, 7) is 1.65. The molecule has 0 spiro atoms. The van der Waals surface area contributed by atoms with Gasteiger partial charge in [-0.25, -0.2) is 0 Å². The summed E-state index contributed by atoms with van der Waals surface area (Å²) in [5.41, 5.74) is 1.70. The van der Waals surface area contributed by atoms with Crippen LogP contribution in [0.25, 0.3) is 10.9 Å². The predicted octanol–water partition coefficient (Wildman–Crippen LogP) is 3.77. The molecule has 1 aromatic heterocycles. The Bertz CT molecular complexity index is 1230. The maximum absolute atomic E-state index is 13.2. The third kappa shape index (κ3) is 5.85. The standard InChI is InChI=1S/C23H21F3N2O6/c1-13-17(7-9-20(30)27-11-10-21(31)32)18-12-15(29)4-8-19(18)28(13)22(33)14-2-5-16(6-3-14)34-23(24,25)26/h2-6,8,12,29H,7,9-11H2,1H3,(H,27,30)(H,31,32). The van der Waals surface area contributed by atoms with E-state index in [4.69, 9.17) is 5.11 Å². The minimum atomic E-state index is -4.85. The van der Waals surface area contributed by atoms with Gasteiger partial charge in [-0.15, -0.1) is 13.2 Å². The molecule has 0 aliphatic rings. The zero-order chi connectivity index (χ0) is 25.0. The van der Waals surface area contributed by atoms with Crippen molar-refractivity contribution < 1.29 is 42.5 Å². The number of benzene rings is 2. The highest BCUT2D eigenvalue weighted by molar-refractivity contribution is 6.04. The van der Waals surface area contributed by atoms with E-state index in [0.717, 1.165) is 12.1 Å². The van der Waals surface area contributed by atoms with Crippen molar-refractivity contribution in [2.75, 3.05) is 6.54 Å². The van der Waals surface area contributed by atoms with Gasteiger partial charge in [-0.3, -0.25) is 19.0 Å². The molecule has 0 bridgehead atoms. The maximum atomic E-state index is 13.2. The van der Waals surface area contributed by atoms with E-state index in [2.05, 4.69) is 10.1 Å². The molecule has 3 N–H and O–H groups in total. The minimum Gasteiger partial charge on any atom is -0.508 e. The summed E-state index contributed by atoms with van der Waals surface area (Å²) in [6.07, 6.45) is -4.83. The summed E-state index contributed by atoms with van der Waals surface area (Å²) in [7, 11) is 0. The zero-order valence-electron chi connectivity index (χ0n) is 18.0. The van der Waals surface area contributed by atoms with E-state index in [9.17, 15) is 32.7 Å². The van der Waals surface area contributed by atoms with Gasteiger partial charge in [0.05, 0.1) is 11.9 Å². The van der Waals surface area contributed by atoms with Gasteiger partial charge in [0.25, 0.3) is 5.91 Å². The normalized spacial score (nSPS) is 11.4. The van der Waals surface area contributed by atoms with Crippen LogP contribution in [0.4, 0.5) is 13.2 Å². The van der Waals surface area contributed by atoms with Crippen LogP contribution in [0.5, 0.6) is 11.5 Å². The van der Waals surface area contributed by atoms with E-state index in [-0.39, 0.29) is 43.0 Å². The molecule has 0 aliphatic carbocycles. The number of carboxylic acid groups (broad SMARTS) is 1. The highest BCUT2D eigenvalue weighted by Crippen LogP contribution is 2.31. The highest BCUT2D eigenvalue weighted by atomic mass is 19.4. The van der Waals surface area contributed by atoms with Crippen molar-refractivity contribution in [3.8, 4) is 11.5 Å². The van der Waals surface area contributed by atoms with Crippen molar-refractivity contribution in [3.63, 3.8) is 0 Å². The molecular formula is C23H21F3N2O6.